The highest BCUT2D eigenvalue weighted by atomic mass is 32.2. The Bertz CT molecular complexity index is 527. The first-order valence-electron chi connectivity index (χ1n) is 5.46. The molecular weight excluding hydrogens is 250 g/mol. The molecule has 94 valence electrons. The number of carboxylic acid groups (broad SMARTS) is 1. The summed E-state index contributed by atoms with van der Waals surface area (Å²) < 4.78 is 1.95. The number of imidazole rings is 1. The maximum atomic E-state index is 10.6. The van der Waals surface area contributed by atoms with Crippen LogP contribution in [0.1, 0.15) is 18.5 Å². The lowest BCUT2D eigenvalue weighted by molar-refractivity contribution is -0.133. The van der Waals surface area contributed by atoms with E-state index in [0.29, 0.717) is 5.16 Å². The summed E-state index contributed by atoms with van der Waals surface area (Å²) in [4.78, 5) is 18.8. The Morgan fingerprint density at radius 2 is 2.39 bits per heavy atom. The molecule has 0 fully saturated rings. The number of thioether (sulfide) groups is 1. The van der Waals surface area contributed by atoms with Crippen LogP contribution in [-0.4, -0.2) is 31.4 Å². The molecule has 0 amide bonds. The summed E-state index contributed by atoms with van der Waals surface area (Å²) in [6.07, 6.45) is 7.05. The van der Waals surface area contributed by atoms with Crippen LogP contribution in [-0.2, 0) is 4.79 Å². The summed E-state index contributed by atoms with van der Waals surface area (Å²) in [5.41, 5.74) is 1.06. The average molecular weight is 263 g/mol. The summed E-state index contributed by atoms with van der Waals surface area (Å²) in [7, 11) is 0. The van der Waals surface area contributed by atoms with Crippen molar-refractivity contribution in [1.82, 2.24) is 14.5 Å². The molecule has 2 aromatic rings. The lowest BCUT2D eigenvalue weighted by Crippen LogP contribution is -2.08. The zero-order valence-electron chi connectivity index (χ0n) is 9.85. The minimum Gasteiger partial charge on any atom is -0.481 e. The number of hydrogen-bond donors (Lipinski definition) is 1. The van der Waals surface area contributed by atoms with Gasteiger partial charge in [0, 0.05) is 24.8 Å². The van der Waals surface area contributed by atoms with E-state index in [1.807, 2.05) is 29.8 Å². The quantitative estimate of drug-likeness (QED) is 0.836. The van der Waals surface area contributed by atoms with Gasteiger partial charge >= 0.3 is 5.97 Å². The van der Waals surface area contributed by atoms with Crippen molar-refractivity contribution in [2.24, 2.45) is 0 Å². The van der Waals surface area contributed by atoms with Crippen LogP contribution < -0.4 is 0 Å². The molecule has 0 saturated heterocycles. The van der Waals surface area contributed by atoms with E-state index in [1.54, 1.807) is 18.6 Å². The number of aromatic nitrogens is 3. The number of nitrogens with zero attached hydrogens (tertiary/aromatic N) is 3. The van der Waals surface area contributed by atoms with Crippen molar-refractivity contribution >= 4 is 17.7 Å². The smallest absolute Gasteiger partial charge is 0.313 e. The van der Waals surface area contributed by atoms with Crippen LogP contribution in [0.5, 0.6) is 0 Å². The van der Waals surface area contributed by atoms with Crippen LogP contribution in [0, 0.1) is 0 Å². The largest absolute Gasteiger partial charge is 0.481 e. The van der Waals surface area contributed by atoms with E-state index in [4.69, 9.17) is 5.11 Å². The molecule has 0 aromatic carbocycles. The summed E-state index contributed by atoms with van der Waals surface area (Å²) in [6.45, 7) is 2.03. The van der Waals surface area contributed by atoms with Gasteiger partial charge in [0.25, 0.3) is 0 Å². The van der Waals surface area contributed by atoms with Crippen LogP contribution in [0.15, 0.2) is 42.1 Å². The minimum atomic E-state index is -0.844. The lowest BCUT2D eigenvalue weighted by Gasteiger charge is -2.15. The standard InChI is InChI=1S/C12H13N3O2S/c1-9(10-3-2-4-13-7-10)15-6-5-14-12(15)18-8-11(16)17/h2-7,9H,8H2,1H3,(H,16,17). The van der Waals surface area contributed by atoms with E-state index in [1.165, 1.54) is 11.8 Å². The third-order valence-corrected chi connectivity index (χ3v) is 3.51. The second kappa shape index (κ2) is 5.68. The molecule has 1 N–H and O–H groups in total. The molecule has 18 heavy (non-hydrogen) atoms. The molecule has 0 saturated carbocycles. The predicted molar refractivity (Wildman–Crippen MR) is 68.6 cm³/mol. The van der Waals surface area contributed by atoms with Crippen LogP contribution in [0.2, 0.25) is 0 Å². The highest BCUT2D eigenvalue weighted by Gasteiger charge is 2.13. The molecule has 2 aromatic heterocycles. The van der Waals surface area contributed by atoms with Gasteiger partial charge in [-0.15, -0.1) is 0 Å². The Morgan fingerprint density at radius 1 is 1.56 bits per heavy atom. The number of aliphatic carboxylic acids is 1. The minimum absolute atomic E-state index is 0.0107. The molecule has 0 bridgehead atoms. The van der Waals surface area contributed by atoms with E-state index < -0.39 is 5.97 Å². The van der Waals surface area contributed by atoms with Gasteiger partial charge in [-0.05, 0) is 18.6 Å². The van der Waals surface area contributed by atoms with Crippen molar-refractivity contribution in [1.29, 1.82) is 0 Å². The highest BCUT2D eigenvalue weighted by molar-refractivity contribution is 7.99. The first-order valence-corrected chi connectivity index (χ1v) is 6.44. The van der Waals surface area contributed by atoms with E-state index in [0.717, 1.165) is 5.56 Å². The van der Waals surface area contributed by atoms with Gasteiger partial charge in [0.15, 0.2) is 5.16 Å². The Balaban J connectivity index is 2.18. The lowest BCUT2D eigenvalue weighted by atomic mass is 10.1. The zero-order valence-corrected chi connectivity index (χ0v) is 10.7. The third kappa shape index (κ3) is 2.89. The molecule has 1 atom stereocenters. The topological polar surface area (TPSA) is 68.0 Å². The average Bonchev–Trinajstić information content (AvgIpc) is 2.85. The molecule has 0 spiro atoms. The van der Waals surface area contributed by atoms with Gasteiger partial charge < -0.3 is 9.67 Å². The van der Waals surface area contributed by atoms with Gasteiger partial charge in [-0.25, -0.2) is 4.98 Å². The van der Waals surface area contributed by atoms with Crippen molar-refractivity contribution in [3.63, 3.8) is 0 Å². The van der Waals surface area contributed by atoms with Crippen LogP contribution in [0.4, 0.5) is 0 Å². The molecule has 6 heteroatoms. The highest BCUT2D eigenvalue weighted by Crippen LogP contribution is 2.24. The monoisotopic (exact) mass is 263 g/mol. The van der Waals surface area contributed by atoms with E-state index in [2.05, 4.69) is 9.97 Å². The normalized spacial score (nSPS) is 12.3. The Morgan fingerprint density at radius 3 is 3.06 bits per heavy atom. The van der Waals surface area contributed by atoms with E-state index >= 15 is 0 Å². The first-order chi connectivity index (χ1) is 8.68. The van der Waals surface area contributed by atoms with E-state index in [-0.39, 0.29) is 11.8 Å². The van der Waals surface area contributed by atoms with Crippen molar-refractivity contribution in [3.8, 4) is 0 Å². The van der Waals surface area contributed by atoms with Crippen molar-refractivity contribution in [2.75, 3.05) is 5.75 Å². The van der Waals surface area contributed by atoms with Crippen molar-refractivity contribution < 1.29 is 9.90 Å². The fourth-order valence-electron chi connectivity index (χ4n) is 1.62. The zero-order chi connectivity index (χ0) is 13.0. The number of carbonyl (C=O) groups is 1. The Hall–Kier alpha value is -1.82. The molecule has 2 rings (SSSR count). The van der Waals surface area contributed by atoms with Gasteiger partial charge in [-0.2, -0.15) is 0 Å². The van der Waals surface area contributed by atoms with E-state index in [9.17, 15) is 4.79 Å². The summed E-state index contributed by atoms with van der Waals surface area (Å²) >= 11 is 1.22. The summed E-state index contributed by atoms with van der Waals surface area (Å²) in [6, 6.07) is 3.95. The number of rotatable bonds is 5. The second-order valence-electron chi connectivity index (χ2n) is 3.76. The number of hydrogen-bond acceptors (Lipinski definition) is 4. The molecule has 1 unspecified atom stereocenters. The Kier molecular flexibility index (Phi) is 3.99. The summed E-state index contributed by atoms with van der Waals surface area (Å²) in [5, 5.41) is 9.39. The van der Waals surface area contributed by atoms with Crippen molar-refractivity contribution in [2.45, 2.75) is 18.1 Å². The molecule has 0 aliphatic rings. The third-order valence-electron chi connectivity index (χ3n) is 2.54. The number of pyridine rings is 1. The molecule has 0 aliphatic carbocycles. The van der Waals surface area contributed by atoms with Crippen LogP contribution >= 0.6 is 11.8 Å². The van der Waals surface area contributed by atoms with Gasteiger partial charge in [-0.3, -0.25) is 9.78 Å². The molecule has 0 radical (unpaired) electrons. The SMILES string of the molecule is CC(c1cccnc1)n1ccnc1SCC(=O)O. The second-order valence-corrected chi connectivity index (χ2v) is 4.70. The molecule has 5 nitrogen and oxygen atoms in total. The maximum absolute atomic E-state index is 10.6. The Labute approximate surface area is 109 Å². The van der Waals surface area contributed by atoms with Crippen LogP contribution in [0.25, 0.3) is 0 Å². The predicted octanol–water partition coefficient (Wildman–Crippen LogP) is 2.06. The van der Waals surface area contributed by atoms with Gasteiger partial charge in [0.05, 0.1) is 11.8 Å². The fourth-order valence-corrected chi connectivity index (χ4v) is 2.37. The van der Waals surface area contributed by atoms with Crippen molar-refractivity contribution in [3.05, 3.63) is 42.5 Å². The van der Waals surface area contributed by atoms with Gasteiger partial charge in [0.2, 0.25) is 0 Å². The molecule has 0 aliphatic heterocycles. The fraction of sp³-hybridized carbons (Fsp3) is 0.250. The first kappa shape index (κ1) is 12.6. The van der Waals surface area contributed by atoms with Crippen LogP contribution in [0.3, 0.4) is 0 Å². The van der Waals surface area contributed by atoms with Gasteiger partial charge in [-0.1, -0.05) is 17.8 Å². The maximum Gasteiger partial charge on any atom is 0.313 e. The number of carboxylic acids is 1. The van der Waals surface area contributed by atoms with Gasteiger partial charge in [0.1, 0.15) is 0 Å². The summed E-state index contributed by atoms with van der Waals surface area (Å²) in [5.74, 6) is -0.833. The molecule has 2 heterocycles. The molecular formula is C12H13N3O2S.